The van der Waals surface area contributed by atoms with E-state index >= 15 is 0 Å². The van der Waals surface area contributed by atoms with E-state index in [0.29, 0.717) is 17.9 Å². The maximum Gasteiger partial charge on any atom is 0.242 e. The Labute approximate surface area is 187 Å². The van der Waals surface area contributed by atoms with Crippen LogP contribution in [0.4, 0.5) is 0 Å². The van der Waals surface area contributed by atoms with Crippen molar-refractivity contribution in [2.24, 2.45) is 0 Å². The normalized spacial score (nSPS) is 29.3. The quantitative estimate of drug-likeness (QED) is 0.633. The number of aliphatic hydroxyl groups excluding tert-OH is 2. The van der Waals surface area contributed by atoms with Gasteiger partial charge in [-0.3, -0.25) is 10.1 Å². The molecule has 1 fully saturated rings. The lowest BCUT2D eigenvalue weighted by Gasteiger charge is -2.31. The molecule has 0 aliphatic carbocycles. The number of aliphatic hydroxyl groups is 2. The Bertz CT molecular complexity index is 1160. The van der Waals surface area contributed by atoms with Crippen LogP contribution in [0.2, 0.25) is 0 Å². The van der Waals surface area contributed by atoms with E-state index in [4.69, 9.17) is 20.4 Å². The van der Waals surface area contributed by atoms with E-state index in [0.717, 1.165) is 0 Å². The fourth-order valence-electron chi connectivity index (χ4n) is 3.34. The number of hydrogen-bond acceptors (Lipinski definition) is 6. The molecule has 1 unspecified atom stereocenters. The fraction of sp³-hybridized carbons (Fsp3) is 0.435. The van der Waals surface area contributed by atoms with Crippen LogP contribution < -0.4 is 14.8 Å². The molecule has 2 aliphatic heterocycles. The molecular weight excluding hydrogens is 384 g/mol. The highest BCUT2D eigenvalue weighted by Crippen LogP contribution is 2.34. The van der Waals surface area contributed by atoms with Crippen molar-refractivity contribution in [3.05, 3.63) is 59.7 Å². The van der Waals surface area contributed by atoms with Gasteiger partial charge in [-0.2, -0.15) is 0 Å². The number of carbonyl (C=O) groups is 1. The van der Waals surface area contributed by atoms with Crippen molar-refractivity contribution in [3.63, 3.8) is 0 Å². The molecule has 30 heavy (non-hydrogen) atoms. The highest BCUT2D eigenvalue weighted by atomic mass is 16.6. The summed E-state index contributed by atoms with van der Waals surface area (Å²) in [7, 11) is 0. The Balaban J connectivity index is 1.79. The molecule has 1 amide bonds. The minimum absolute atomic E-state index is 0.108. The SMILES string of the molecule is [2H]C1([2H])N(C(=O)[C@@H](NC(CO)c2ccccc2)[C@H](O)c2ccc3c(c2)OCCO3)C([2H])([2H])C([2H])([2H])C1([2H])[2H]. The standard InChI is InChI=1S/C23H28N2O5/c26-15-18(16-6-2-1-3-7-16)24-21(23(28)25-10-4-5-11-25)22(27)17-8-9-19-20(14-17)30-13-12-29-19/h1-3,6-9,14,18,21-22,24,26-27H,4-5,10-13,15H2/t18?,21-,22+/m0/s1/i4D2,5D2,10D2,11D2. The third kappa shape index (κ3) is 4.43. The number of benzene rings is 2. The van der Waals surface area contributed by atoms with Gasteiger partial charge in [0.1, 0.15) is 25.4 Å². The Morgan fingerprint density at radius 3 is 2.47 bits per heavy atom. The second kappa shape index (κ2) is 9.47. The average Bonchev–Trinajstić information content (AvgIpc) is 2.95. The number of ether oxygens (including phenoxy) is 2. The van der Waals surface area contributed by atoms with Crippen LogP contribution >= 0.6 is 0 Å². The van der Waals surface area contributed by atoms with E-state index < -0.39 is 56.4 Å². The van der Waals surface area contributed by atoms with Gasteiger partial charge in [-0.15, -0.1) is 0 Å². The molecule has 2 aromatic rings. The summed E-state index contributed by atoms with van der Waals surface area (Å²) < 4.78 is 76.2. The number of nitrogens with zero attached hydrogens (tertiary/aromatic N) is 1. The molecule has 2 aromatic carbocycles. The maximum atomic E-state index is 13.9. The number of hydrogen-bond donors (Lipinski definition) is 3. The number of amides is 1. The second-order valence-corrected chi connectivity index (χ2v) is 6.79. The predicted octanol–water partition coefficient (Wildman–Crippen LogP) is 1.81. The third-order valence-electron chi connectivity index (χ3n) is 4.87. The molecule has 2 aliphatic rings. The lowest BCUT2D eigenvalue weighted by Crippen LogP contribution is -2.50. The van der Waals surface area contributed by atoms with Crippen molar-refractivity contribution in [1.29, 1.82) is 0 Å². The fourth-order valence-corrected chi connectivity index (χ4v) is 3.34. The van der Waals surface area contributed by atoms with Gasteiger partial charge in [0.05, 0.1) is 12.6 Å². The molecule has 2 heterocycles. The lowest BCUT2D eigenvalue weighted by atomic mass is 9.98. The van der Waals surface area contributed by atoms with Crippen molar-refractivity contribution < 1.29 is 35.4 Å². The summed E-state index contributed by atoms with van der Waals surface area (Å²) in [6, 6.07) is 9.86. The topological polar surface area (TPSA) is 91.3 Å². The molecule has 0 aromatic heterocycles. The zero-order valence-electron chi connectivity index (χ0n) is 24.0. The highest BCUT2D eigenvalue weighted by Gasteiger charge is 2.35. The molecular formula is C23H28N2O5. The van der Waals surface area contributed by atoms with E-state index in [1.54, 1.807) is 30.3 Å². The molecule has 7 heteroatoms. The molecule has 160 valence electrons. The van der Waals surface area contributed by atoms with Crippen LogP contribution in [-0.4, -0.2) is 59.9 Å². The summed E-state index contributed by atoms with van der Waals surface area (Å²) in [6.45, 7) is -6.89. The minimum atomic E-state index is -3.44. The van der Waals surface area contributed by atoms with Gasteiger partial charge < -0.3 is 24.6 Å². The number of likely N-dealkylation sites (tertiary alicyclic amines) is 1. The average molecular weight is 421 g/mol. The van der Waals surface area contributed by atoms with E-state index in [9.17, 15) is 15.0 Å². The Kier molecular flexibility index (Phi) is 4.08. The Morgan fingerprint density at radius 1 is 1.07 bits per heavy atom. The highest BCUT2D eigenvalue weighted by molar-refractivity contribution is 5.83. The van der Waals surface area contributed by atoms with Gasteiger partial charge in [0.15, 0.2) is 11.5 Å². The van der Waals surface area contributed by atoms with E-state index in [1.807, 2.05) is 0 Å². The van der Waals surface area contributed by atoms with E-state index in [-0.39, 0.29) is 22.8 Å². The van der Waals surface area contributed by atoms with Gasteiger partial charge in [-0.1, -0.05) is 36.4 Å². The molecule has 7 nitrogen and oxygen atoms in total. The molecule has 0 spiro atoms. The van der Waals surface area contributed by atoms with Crippen LogP contribution in [0.3, 0.4) is 0 Å². The van der Waals surface area contributed by atoms with Gasteiger partial charge in [0.25, 0.3) is 0 Å². The first-order valence-electron chi connectivity index (χ1n) is 13.5. The Hall–Kier alpha value is -2.61. The molecule has 4 rings (SSSR count). The summed E-state index contributed by atoms with van der Waals surface area (Å²) in [5.74, 6) is -0.767. The van der Waals surface area contributed by atoms with Gasteiger partial charge in [-0.25, -0.2) is 0 Å². The van der Waals surface area contributed by atoms with Crippen LogP contribution in [-0.2, 0) is 4.79 Å². The van der Waals surface area contributed by atoms with Gasteiger partial charge in [0, 0.05) is 24.0 Å². The molecule has 3 atom stereocenters. The van der Waals surface area contributed by atoms with Gasteiger partial charge in [-0.05, 0) is 36.0 Å². The number of rotatable bonds is 7. The first-order chi connectivity index (χ1) is 17.7. The maximum absolute atomic E-state index is 13.9. The lowest BCUT2D eigenvalue weighted by molar-refractivity contribution is -0.135. The second-order valence-electron chi connectivity index (χ2n) is 6.79. The summed E-state index contributed by atoms with van der Waals surface area (Å²) in [5.41, 5.74) is 0.608. The molecule has 0 radical (unpaired) electrons. The monoisotopic (exact) mass is 420 g/mol. The van der Waals surface area contributed by atoms with Crippen LogP contribution in [0.1, 0.15) is 47.0 Å². The van der Waals surface area contributed by atoms with E-state index in [2.05, 4.69) is 5.32 Å². The zero-order chi connectivity index (χ0) is 28.1. The molecule has 0 saturated carbocycles. The van der Waals surface area contributed by atoms with Gasteiger partial charge >= 0.3 is 0 Å². The van der Waals surface area contributed by atoms with Crippen LogP contribution in [0.15, 0.2) is 48.5 Å². The number of carbonyl (C=O) groups excluding carboxylic acids is 1. The smallest absolute Gasteiger partial charge is 0.242 e. The van der Waals surface area contributed by atoms with Crippen molar-refractivity contribution in [2.75, 3.05) is 32.8 Å². The predicted molar refractivity (Wildman–Crippen MR) is 111 cm³/mol. The first kappa shape index (κ1) is 12.9. The van der Waals surface area contributed by atoms with Crippen LogP contribution in [0.25, 0.3) is 0 Å². The zero-order valence-corrected chi connectivity index (χ0v) is 16.0. The molecule has 0 bridgehead atoms. The van der Waals surface area contributed by atoms with Crippen molar-refractivity contribution in [3.8, 4) is 11.5 Å². The molecule has 3 N–H and O–H groups in total. The van der Waals surface area contributed by atoms with Crippen molar-refractivity contribution in [2.45, 2.75) is 30.9 Å². The van der Waals surface area contributed by atoms with Gasteiger partial charge in [0.2, 0.25) is 5.91 Å². The first-order valence-corrected chi connectivity index (χ1v) is 9.52. The molecule has 1 saturated heterocycles. The largest absolute Gasteiger partial charge is 0.486 e. The number of fused-ring (bicyclic) bond motifs is 1. The third-order valence-corrected chi connectivity index (χ3v) is 4.87. The van der Waals surface area contributed by atoms with E-state index in [1.165, 1.54) is 18.2 Å². The van der Waals surface area contributed by atoms with Crippen molar-refractivity contribution in [1.82, 2.24) is 10.2 Å². The number of nitrogens with one attached hydrogen (secondary N) is 1. The van der Waals surface area contributed by atoms with Crippen LogP contribution in [0.5, 0.6) is 11.5 Å². The van der Waals surface area contributed by atoms with Crippen molar-refractivity contribution >= 4 is 5.91 Å². The summed E-state index contributed by atoms with van der Waals surface area (Å²) in [5, 5.41) is 24.2. The minimum Gasteiger partial charge on any atom is -0.486 e. The Morgan fingerprint density at radius 2 is 1.77 bits per heavy atom. The summed E-state index contributed by atoms with van der Waals surface area (Å²) >= 11 is 0. The summed E-state index contributed by atoms with van der Waals surface area (Å²) in [4.78, 5) is 13.8. The van der Waals surface area contributed by atoms with Crippen LogP contribution in [0, 0.1) is 0 Å². The summed E-state index contributed by atoms with van der Waals surface area (Å²) in [6.07, 6.45) is -8.66.